The maximum Gasteiger partial charge on any atom is 0.272 e. The smallest absolute Gasteiger partial charge is 0.272 e. The van der Waals surface area contributed by atoms with Gasteiger partial charge in [-0.05, 0) is 74.9 Å². The van der Waals surface area contributed by atoms with Crippen molar-refractivity contribution >= 4 is 51.3 Å². The van der Waals surface area contributed by atoms with Crippen LogP contribution in [0.15, 0.2) is 29.9 Å². The monoisotopic (exact) mass is 497 g/mol. The van der Waals surface area contributed by atoms with Crippen LogP contribution in [0.5, 0.6) is 0 Å². The quantitative estimate of drug-likeness (QED) is 0.422. The van der Waals surface area contributed by atoms with E-state index in [1.54, 1.807) is 18.8 Å². The van der Waals surface area contributed by atoms with E-state index in [-0.39, 0.29) is 5.91 Å². The Morgan fingerprint density at radius 1 is 1.12 bits per heavy atom. The zero-order valence-corrected chi connectivity index (χ0v) is 20.7. The highest BCUT2D eigenvalue weighted by Gasteiger charge is 2.24. The molecule has 1 amide bonds. The van der Waals surface area contributed by atoms with Crippen LogP contribution in [0.2, 0.25) is 5.02 Å². The van der Waals surface area contributed by atoms with Crippen molar-refractivity contribution in [2.75, 3.05) is 30.8 Å². The number of likely N-dealkylation sites (tertiary alicyclic amines) is 1. The maximum absolute atomic E-state index is 12.0. The number of rotatable bonds is 6. The number of aromatic nitrogens is 3. The Morgan fingerprint density at radius 3 is 2.71 bits per heavy atom. The van der Waals surface area contributed by atoms with Crippen LogP contribution in [0.25, 0.3) is 0 Å². The summed E-state index contributed by atoms with van der Waals surface area (Å²) in [5, 5.41) is 9.95. The minimum Gasteiger partial charge on any atom is -0.354 e. The molecular formula is C24H28ClN7OS. The number of hydrogen-bond donors (Lipinski definition) is 3. The van der Waals surface area contributed by atoms with E-state index in [4.69, 9.17) is 11.6 Å². The van der Waals surface area contributed by atoms with Crippen LogP contribution in [-0.2, 0) is 12.8 Å². The molecule has 8 nitrogen and oxygen atoms in total. The van der Waals surface area contributed by atoms with Gasteiger partial charge in [0.2, 0.25) is 5.95 Å². The minimum atomic E-state index is -0.274. The number of benzene rings is 1. The van der Waals surface area contributed by atoms with Crippen molar-refractivity contribution in [2.24, 2.45) is 0 Å². The second-order valence-corrected chi connectivity index (χ2v) is 9.97. The maximum atomic E-state index is 12.0. The normalized spacial score (nSPS) is 18.2. The molecule has 2 aromatic heterocycles. The standard InChI is InChI=1S/C24H28ClN7OS/c1-26-22(33)20-23(34-14-28-20)30-21-19(25)13-27-24(31-21)29-17-7-4-15-5-8-18(9-6-16(15)12-17)32-10-2-3-11-32/h4,7,12-14,18H,2-3,5-6,8-11H2,1H3,(H,26,33)(H2,27,29,30,31). The van der Waals surface area contributed by atoms with Gasteiger partial charge in [-0.3, -0.25) is 4.79 Å². The summed E-state index contributed by atoms with van der Waals surface area (Å²) in [4.78, 5) is 27.7. The molecule has 1 fully saturated rings. The molecule has 1 aliphatic carbocycles. The van der Waals surface area contributed by atoms with Crippen LogP contribution in [0, 0.1) is 0 Å². The van der Waals surface area contributed by atoms with Crippen LogP contribution >= 0.6 is 22.9 Å². The predicted octanol–water partition coefficient (Wildman–Crippen LogP) is 4.78. The fraction of sp³-hybridized carbons (Fsp3) is 0.417. The summed E-state index contributed by atoms with van der Waals surface area (Å²) >= 11 is 7.63. The first kappa shape index (κ1) is 23.0. The number of amides is 1. The van der Waals surface area contributed by atoms with Crippen molar-refractivity contribution in [1.82, 2.24) is 25.2 Å². The van der Waals surface area contributed by atoms with Crippen molar-refractivity contribution in [3.63, 3.8) is 0 Å². The van der Waals surface area contributed by atoms with E-state index in [1.807, 2.05) is 0 Å². The number of nitrogens with zero attached hydrogens (tertiary/aromatic N) is 4. The van der Waals surface area contributed by atoms with Crippen molar-refractivity contribution in [2.45, 2.75) is 44.6 Å². The SMILES string of the molecule is CNC(=O)c1ncsc1Nc1nc(Nc2ccc3c(c2)CCC(N2CCCC2)CC3)ncc1Cl. The van der Waals surface area contributed by atoms with E-state index < -0.39 is 0 Å². The molecule has 1 saturated heterocycles. The van der Waals surface area contributed by atoms with Crippen LogP contribution in [0.3, 0.4) is 0 Å². The molecule has 10 heteroatoms. The lowest BCUT2D eigenvalue weighted by Gasteiger charge is -2.25. The third kappa shape index (κ3) is 5.01. The summed E-state index contributed by atoms with van der Waals surface area (Å²) in [6.07, 6.45) is 8.90. The largest absolute Gasteiger partial charge is 0.354 e. The molecule has 1 unspecified atom stereocenters. The molecular weight excluding hydrogens is 470 g/mol. The highest BCUT2D eigenvalue weighted by Crippen LogP contribution is 2.31. The molecule has 34 heavy (non-hydrogen) atoms. The molecule has 3 heterocycles. The van der Waals surface area contributed by atoms with Gasteiger partial charge in [0.15, 0.2) is 11.5 Å². The van der Waals surface area contributed by atoms with Gasteiger partial charge in [0.05, 0.1) is 11.7 Å². The summed E-state index contributed by atoms with van der Waals surface area (Å²) in [7, 11) is 1.57. The number of fused-ring (bicyclic) bond motifs is 1. The summed E-state index contributed by atoms with van der Waals surface area (Å²) in [6.45, 7) is 2.51. The van der Waals surface area contributed by atoms with E-state index in [9.17, 15) is 4.79 Å². The molecule has 1 aliphatic heterocycles. The first-order valence-corrected chi connectivity index (χ1v) is 12.9. The lowest BCUT2D eigenvalue weighted by Crippen LogP contribution is -2.32. The van der Waals surface area contributed by atoms with Crippen molar-refractivity contribution in [1.29, 1.82) is 0 Å². The molecule has 178 valence electrons. The summed E-state index contributed by atoms with van der Waals surface area (Å²) in [5.41, 5.74) is 5.70. The number of anilines is 4. The van der Waals surface area contributed by atoms with Crippen LogP contribution in [-0.4, -0.2) is 51.9 Å². The van der Waals surface area contributed by atoms with Crippen LogP contribution in [0.4, 0.5) is 22.5 Å². The van der Waals surface area contributed by atoms with Gasteiger partial charge in [0, 0.05) is 18.8 Å². The molecule has 3 aromatic rings. The zero-order valence-electron chi connectivity index (χ0n) is 19.1. The molecule has 1 aromatic carbocycles. The van der Waals surface area contributed by atoms with Gasteiger partial charge < -0.3 is 20.9 Å². The predicted molar refractivity (Wildman–Crippen MR) is 137 cm³/mol. The number of thiazole rings is 1. The molecule has 2 aliphatic rings. The Bertz CT molecular complexity index is 1180. The molecule has 1 atom stereocenters. The fourth-order valence-corrected chi connectivity index (χ4v) is 5.62. The van der Waals surface area contributed by atoms with Crippen LogP contribution < -0.4 is 16.0 Å². The van der Waals surface area contributed by atoms with Crippen LogP contribution in [0.1, 0.15) is 47.3 Å². The van der Waals surface area contributed by atoms with E-state index in [0.29, 0.717) is 33.5 Å². The Hall–Kier alpha value is -2.75. The molecule has 0 saturated carbocycles. The van der Waals surface area contributed by atoms with Gasteiger partial charge in [-0.15, -0.1) is 11.3 Å². The van der Waals surface area contributed by atoms with Crippen molar-refractivity contribution < 1.29 is 4.79 Å². The Labute approximate surface area is 208 Å². The second-order valence-electron chi connectivity index (χ2n) is 8.71. The van der Waals surface area contributed by atoms with Gasteiger partial charge >= 0.3 is 0 Å². The fourth-order valence-electron chi connectivity index (χ4n) is 4.81. The second kappa shape index (κ2) is 10.2. The molecule has 0 radical (unpaired) electrons. The van der Waals surface area contributed by atoms with Gasteiger partial charge in [0.1, 0.15) is 10.0 Å². The third-order valence-corrected chi connectivity index (χ3v) is 7.62. The Kier molecular flexibility index (Phi) is 6.94. The van der Waals surface area contributed by atoms with Crippen molar-refractivity contribution in [3.8, 4) is 0 Å². The topological polar surface area (TPSA) is 95.1 Å². The highest BCUT2D eigenvalue weighted by molar-refractivity contribution is 7.14. The van der Waals surface area contributed by atoms with E-state index >= 15 is 0 Å². The molecule has 3 N–H and O–H groups in total. The average Bonchev–Trinajstić information content (AvgIpc) is 3.50. The van der Waals surface area contributed by atoms with E-state index in [1.165, 1.54) is 61.2 Å². The summed E-state index contributed by atoms with van der Waals surface area (Å²) < 4.78 is 0. The molecule has 5 rings (SSSR count). The number of aryl methyl sites for hydroxylation is 2. The number of halogens is 1. The lowest BCUT2D eigenvalue weighted by molar-refractivity contribution is 0.0959. The first-order chi connectivity index (χ1) is 16.6. The van der Waals surface area contributed by atoms with Gasteiger partial charge in [0.25, 0.3) is 5.91 Å². The minimum absolute atomic E-state index is 0.274. The lowest BCUT2D eigenvalue weighted by atomic mass is 10.0. The summed E-state index contributed by atoms with van der Waals surface area (Å²) in [6, 6.07) is 7.24. The van der Waals surface area contributed by atoms with Crippen molar-refractivity contribution in [3.05, 3.63) is 51.7 Å². The Balaban J connectivity index is 1.30. The number of hydrogen-bond acceptors (Lipinski definition) is 8. The molecule has 0 spiro atoms. The third-order valence-electron chi connectivity index (χ3n) is 6.60. The number of carbonyl (C=O) groups excluding carboxylic acids is 1. The number of carbonyl (C=O) groups is 1. The first-order valence-electron chi connectivity index (χ1n) is 11.7. The Morgan fingerprint density at radius 2 is 1.91 bits per heavy atom. The van der Waals surface area contributed by atoms with E-state index in [0.717, 1.165) is 18.5 Å². The van der Waals surface area contributed by atoms with Gasteiger partial charge in [-0.2, -0.15) is 4.98 Å². The molecule has 0 bridgehead atoms. The summed E-state index contributed by atoms with van der Waals surface area (Å²) in [5.74, 6) is 0.572. The van der Waals surface area contributed by atoms with Gasteiger partial charge in [-0.1, -0.05) is 17.7 Å². The van der Waals surface area contributed by atoms with E-state index in [2.05, 4.69) is 54.0 Å². The van der Waals surface area contributed by atoms with Gasteiger partial charge in [-0.25, -0.2) is 9.97 Å². The average molecular weight is 498 g/mol. The zero-order chi connectivity index (χ0) is 23.5. The highest BCUT2D eigenvalue weighted by atomic mass is 35.5. The number of nitrogens with one attached hydrogen (secondary N) is 3.